The van der Waals surface area contributed by atoms with Crippen LogP contribution in [0, 0.1) is 5.82 Å². The van der Waals surface area contributed by atoms with Crippen LogP contribution in [0.4, 0.5) is 9.18 Å². The van der Waals surface area contributed by atoms with Gasteiger partial charge in [-0.05, 0) is 39.8 Å². The average molecular weight is 426 g/mol. The highest BCUT2D eigenvalue weighted by Crippen LogP contribution is 2.23. The van der Waals surface area contributed by atoms with Gasteiger partial charge in [-0.3, -0.25) is 4.79 Å². The minimum Gasteiger partial charge on any atom is -0.444 e. The number of hydrogen-bond acceptors (Lipinski definition) is 6. The molecular formula is C19H25ClFN5O3. The molecule has 8 nitrogen and oxygen atoms in total. The highest BCUT2D eigenvalue weighted by molar-refractivity contribution is 6.35. The van der Waals surface area contributed by atoms with E-state index in [0.29, 0.717) is 32.0 Å². The second-order valence-electron chi connectivity index (χ2n) is 8.08. The fourth-order valence-corrected chi connectivity index (χ4v) is 3.44. The molecule has 1 aliphatic heterocycles. The summed E-state index contributed by atoms with van der Waals surface area (Å²) in [7, 11) is 0. The summed E-state index contributed by atoms with van der Waals surface area (Å²) < 4.78 is 20.6. The Kier molecular flexibility index (Phi) is 5.73. The number of amides is 1. The number of carbonyl (C=O) groups is 1. The van der Waals surface area contributed by atoms with Crippen molar-refractivity contribution in [1.82, 2.24) is 14.6 Å². The molecule has 0 aliphatic carbocycles. The minimum atomic E-state index is -0.615. The van der Waals surface area contributed by atoms with Gasteiger partial charge in [0.15, 0.2) is 0 Å². The summed E-state index contributed by atoms with van der Waals surface area (Å²) in [5.74, 6) is -0.294. The molecule has 2 heterocycles. The number of nitrogens with zero attached hydrogens (tertiary/aromatic N) is 4. The molecule has 10 heteroatoms. The van der Waals surface area contributed by atoms with Gasteiger partial charge in [0.2, 0.25) is 0 Å². The van der Waals surface area contributed by atoms with Crippen molar-refractivity contribution in [2.45, 2.75) is 39.3 Å². The van der Waals surface area contributed by atoms with Crippen molar-refractivity contribution < 1.29 is 13.9 Å². The van der Waals surface area contributed by atoms with Crippen LogP contribution in [0.15, 0.2) is 16.9 Å². The molecule has 0 saturated carbocycles. The molecule has 1 saturated heterocycles. The van der Waals surface area contributed by atoms with Crippen molar-refractivity contribution in [3.05, 3.63) is 39.2 Å². The quantitative estimate of drug-likeness (QED) is 0.794. The summed E-state index contributed by atoms with van der Waals surface area (Å²) in [6, 6.07) is 1.68. The van der Waals surface area contributed by atoms with E-state index in [2.05, 4.69) is 4.98 Å². The zero-order valence-corrected chi connectivity index (χ0v) is 17.7. The van der Waals surface area contributed by atoms with Gasteiger partial charge in [-0.2, -0.15) is 0 Å². The van der Waals surface area contributed by atoms with Crippen LogP contribution in [0.2, 0.25) is 5.02 Å². The van der Waals surface area contributed by atoms with E-state index in [1.54, 1.807) is 37.6 Å². The van der Waals surface area contributed by atoms with E-state index in [9.17, 15) is 14.0 Å². The molecular weight excluding hydrogens is 401 g/mol. The van der Waals surface area contributed by atoms with Gasteiger partial charge in [0.25, 0.3) is 5.56 Å². The maximum absolute atomic E-state index is 13.8. The van der Waals surface area contributed by atoms with Crippen molar-refractivity contribution in [3.8, 4) is 0 Å². The van der Waals surface area contributed by atoms with Crippen LogP contribution in [0.3, 0.4) is 0 Å². The molecule has 29 heavy (non-hydrogen) atoms. The monoisotopic (exact) mass is 425 g/mol. The molecule has 1 aromatic carbocycles. The number of ether oxygens (including phenoxy) is 1. The van der Waals surface area contributed by atoms with Gasteiger partial charge in [0, 0.05) is 13.1 Å². The van der Waals surface area contributed by atoms with Gasteiger partial charge < -0.3 is 20.4 Å². The topological polar surface area (TPSA) is 93.7 Å². The third kappa shape index (κ3) is 4.45. The van der Waals surface area contributed by atoms with Gasteiger partial charge in [0.1, 0.15) is 17.2 Å². The van der Waals surface area contributed by atoms with Crippen molar-refractivity contribution >= 4 is 28.6 Å². The first-order chi connectivity index (χ1) is 13.5. The molecule has 0 bridgehead atoms. The highest BCUT2D eigenvalue weighted by Gasteiger charge is 2.28. The molecule has 3 rings (SSSR count). The van der Waals surface area contributed by atoms with Gasteiger partial charge >= 0.3 is 6.09 Å². The average Bonchev–Trinajstić information content (AvgIpc) is 2.61. The fourth-order valence-electron chi connectivity index (χ4n) is 3.20. The predicted molar refractivity (Wildman–Crippen MR) is 109 cm³/mol. The molecule has 1 aromatic heterocycles. The first kappa shape index (κ1) is 21.3. The van der Waals surface area contributed by atoms with Crippen LogP contribution < -0.4 is 16.3 Å². The molecule has 0 spiro atoms. The number of hydrogen-bond donors (Lipinski definition) is 1. The third-order valence-electron chi connectivity index (χ3n) is 4.49. The molecule has 1 fully saturated rings. The van der Waals surface area contributed by atoms with Crippen molar-refractivity contribution in [1.29, 1.82) is 0 Å². The van der Waals surface area contributed by atoms with Crippen LogP contribution in [-0.2, 0) is 4.74 Å². The van der Waals surface area contributed by atoms with E-state index < -0.39 is 29.1 Å². The highest BCUT2D eigenvalue weighted by atomic mass is 35.5. The molecule has 158 valence electrons. The zero-order valence-electron chi connectivity index (χ0n) is 16.9. The normalized spacial score (nSPS) is 16.2. The fraction of sp³-hybridized carbons (Fsp3) is 0.526. The first-order valence-corrected chi connectivity index (χ1v) is 9.76. The Labute approximate surface area is 173 Å². The van der Waals surface area contributed by atoms with Crippen LogP contribution >= 0.6 is 11.6 Å². The predicted octanol–water partition coefficient (Wildman–Crippen LogP) is 2.40. The van der Waals surface area contributed by atoms with Gasteiger partial charge in [-0.1, -0.05) is 11.6 Å². The summed E-state index contributed by atoms with van der Waals surface area (Å²) >= 11 is 6.09. The Morgan fingerprint density at radius 1 is 1.28 bits per heavy atom. The van der Waals surface area contributed by atoms with Gasteiger partial charge in [-0.25, -0.2) is 18.8 Å². The first-order valence-electron chi connectivity index (χ1n) is 9.38. The summed E-state index contributed by atoms with van der Waals surface area (Å²) in [5, 5.41) is 1.89. The lowest BCUT2D eigenvalue weighted by molar-refractivity contribution is 0.0231. The Balaban J connectivity index is 1.94. The molecule has 1 amide bonds. The smallest absolute Gasteiger partial charge is 0.410 e. The molecule has 0 radical (unpaired) electrons. The summed E-state index contributed by atoms with van der Waals surface area (Å²) in [6.07, 6.45) is -0.401. The van der Waals surface area contributed by atoms with Crippen molar-refractivity contribution in [2.75, 3.05) is 31.2 Å². The maximum Gasteiger partial charge on any atom is 0.410 e. The zero-order chi connectivity index (χ0) is 21.5. The molecule has 1 aliphatic rings. The second-order valence-corrected chi connectivity index (χ2v) is 8.49. The Morgan fingerprint density at radius 3 is 2.45 bits per heavy atom. The van der Waals surface area contributed by atoms with Crippen LogP contribution in [0.1, 0.15) is 39.6 Å². The lowest BCUT2D eigenvalue weighted by Crippen LogP contribution is -2.57. The lowest BCUT2D eigenvalue weighted by atomic mass is 10.2. The Hall–Kier alpha value is -2.39. The van der Waals surface area contributed by atoms with E-state index in [1.807, 2.05) is 0 Å². The number of nitrogens with two attached hydrogens (primary N) is 1. The van der Waals surface area contributed by atoms with E-state index >= 15 is 0 Å². The van der Waals surface area contributed by atoms with E-state index in [1.165, 1.54) is 4.68 Å². The summed E-state index contributed by atoms with van der Waals surface area (Å²) in [5.41, 5.74) is 5.24. The number of rotatable bonds is 2. The van der Waals surface area contributed by atoms with E-state index in [-0.39, 0.29) is 15.9 Å². The van der Waals surface area contributed by atoms with Crippen LogP contribution in [-0.4, -0.2) is 52.4 Å². The number of fused-ring (bicyclic) bond motifs is 1. The van der Waals surface area contributed by atoms with Crippen LogP contribution in [0.25, 0.3) is 10.9 Å². The van der Waals surface area contributed by atoms with Gasteiger partial charge in [-0.15, -0.1) is 0 Å². The molecule has 2 aromatic rings. The minimum absolute atomic E-state index is 0.0564. The largest absolute Gasteiger partial charge is 0.444 e. The van der Waals surface area contributed by atoms with Crippen LogP contribution in [0.5, 0.6) is 0 Å². The Morgan fingerprint density at radius 2 is 1.90 bits per heavy atom. The van der Waals surface area contributed by atoms with Crippen molar-refractivity contribution in [3.63, 3.8) is 0 Å². The SMILES string of the molecule is C[C@H](N)c1nc2c(Cl)cc(F)cc2c(=O)n1N1CCN(C(=O)OC(C)(C)C)CC1. The molecule has 1 atom stereocenters. The number of benzene rings is 1. The summed E-state index contributed by atoms with van der Waals surface area (Å²) in [6.45, 7) is 8.59. The number of piperazine rings is 1. The third-order valence-corrected chi connectivity index (χ3v) is 4.78. The number of halogens is 2. The Bertz CT molecular complexity index is 994. The standard InChI is InChI=1S/C19H25ClFN5O3/c1-11(22)16-23-15-13(9-12(21)10-14(15)20)17(27)26(16)25-7-5-24(6-8-25)18(28)29-19(2,3)4/h9-11H,5-8,22H2,1-4H3/t11-/m0/s1. The summed E-state index contributed by atoms with van der Waals surface area (Å²) in [4.78, 5) is 31.5. The lowest BCUT2D eigenvalue weighted by Gasteiger charge is -2.38. The maximum atomic E-state index is 13.8. The molecule has 0 unspecified atom stereocenters. The number of carbonyl (C=O) groups excluding carboxylic acids is 1. The van der Waals surface area contributed by atoms with Crippen molar-refractivity contribution in [2.24, 2.45) is 5.73 Å². The van der Waals surface area contributed by atoms with E-state index in [4.69, 9.17) is 22.1 Å². The second kappa shape index (κ2) is 7.79. The van der Waals surface area contributed by atoms with E-state index in [0.717, 1.165) is 12.1 Å². The van der Waals surface area contributed by atoms with Gasteiger partial charge in [0.05, 0.1) is 35.1 Å². The number of aromatic nitrogens is 2. The molecule has 2 N–H and O–H groups in total.